The molecule has 13 heteroatoms. The van der Waals surface area contributed by atoms with Crippen molar-refractivity contribution in [3.63, 3.8) is 0 Å². The quantitative estimate of drug-likeness (QED) is 0.355. The van der Waals surface area contributed by atoms with Crippen molar-refractivity contribution in [2.75, 3.05) is 13.2 Å². The molecule has 1 aliphatic heterocycles. The Hall–Kier alpha value is -4.81. The van der Waals surface area contributed by atoms with Crippen LogP contribution in [-0.4, -0.2) is 56.4 Å². The summed E-state index contributed by atoms with van der Waals surface area (Å²) in [6.45, 7) is -0.186. The smallest absolute Gasteiger partial charge is 0.481 e. The van der Waals surface area contributed by atoms with Crippen molar-refractivity contribution >= 4 is 23.3 Å². The minimum atomic E-state index is -1.48. The first-order valence-corrected chi connectivity index (χ1v) is 11.0. The normalized spacial score (nSPS) is 15.1. The Balaban J connectivity index is 1.27. The standard InChI is InChI=1S/C24H18F2N4O7/c25-14-4-1-2-5-18(14)35-23-27-11-16-22(29-23)37-21(28-16)13-7-8-17(15(26)10-13)34-12-19(31)30-9-3-6-20(30)36-24(32)33/h1-2,4-5,7-8,10-11,20H,3,6,9,12H2,(H,32,33)/t20-/m0/s1. The van der Waals surface area contributed by atoms with Gasteiger partial charge in [-0.05, 0) is 36.8 Å². The number of nitrogens with zero attached hydrogens (tertiary/aromatic N) is 4. The molecular weight excluding hydrogens is 494 g/mol. The first-order valence-electron chi connectivity index (χ1n) is 11.0. The highest BCUT2D eigenvalue weighted by atomic mass is 19.1. The van der Waals surface area contributed by atoms with Gasteiger partial charge in [0.2, 0.25) is 5.89 Å². The van der Waals surface area contributed by atoms with Crippen molar-refractivity contribution in [2.24, 2.45) is 0 Å². The summed E-state index contributed by atoms with van der Waals surface area (Å²) < 4.78 is 49.5. The van der Waals surface area contributed by atoms with Crippen LogP contribution in [0.2, 0.25) is 0 Å². The van der Waals surface area contributed by atoms with E-state index in [1.54, 1.807) is 6.07 Å². The summed E-state index contributed by atoms with van der Waals surface area (Å²) >= 11 is 0. The van der Waals surface area contributed by atoms with E-state index in [0.29, 0.717) is 19.4 Å². The molecule has 11 nitrogen and oxygen atoms in total. The third-order valence-electron chi connectivity index (χ3n) is 5.45. The number of oxazole rings is 1. The fourth-order valence-electron chi connectivity index (χ4n) is 3.75. The van der Waals surface area contributed by atoms with Crippen molar-refractivity contribution in [2.45, 2.75) is 19.1 Å². The maximum Gasteiger partial charge on any atom is 0.507 e. The van der Waals surface area contributed by atoms with Gasteiger partial charge in [-0.2, -0.15) is 4.98 Å². The molecule has 5 rings (SSSR count). The third kappa shape index (κ3) is 5.24. The molecule has 37 heavy (non-hydrogen) atoms. The molecule has 0 spiro atoms. The van der Waals surface area contributed by atoms with Gasteiger partial charge in [-0.15, -0.1) is 0 Å². The van der Waals surface area contributed by atoms with E-state index in [2.05, 4.69) is 15.0 Å². The third-order valence-corrected chi connectivity index (χ3v) is 5.45. The Morgan fingerprint density at radius 1 is 1.11 bits per heavy atom. The van der Waals surface area contributed by atoms with Crippen molar-refractivity contribution in [3.05, 3.63) is 60.3 Å². The Labute approximate surface area is 207 Å². The van der Waals surface area contributed by atoms with Gasteiger partial charge in [0, 0.05) is 18.5 Å². The van der Waals surface area contributed by atoms with Crippen molar-refractivity contribution in [3.8, 4) is 29.0 Å². The highest BCUT2D eigenvalue weighted by Gasteiger charge is 2.32. The van der Waals surface area contributed by atoms with E-state index in [9.17, 15) is 18.4 Å². The molecule has 0 aliphatic carbocycles. The lowest BCUT2D eigenvalue weighted by Gasteiger charge is -2.23. The molecule has 2 aromatic carbocycles. The molecular formula is C24H18F2N4O7. The number of carbonyl (C=O) groups is 2. The zero-order valence-corrected chi connectivity index (χ0v) is 19.0. The summed E-state index contributed by atoms with van der Waals surface area (Å²) in [4.78, 5) is 36.7. The van der Waals surface area contributed by atoms with Crippen LogP contribution in [0.3, 0.4) is 0 Å². The van der Waals surface area contributed by atoms with E-state index in [4.69, 9.17) is 23.7 Å². The zero-order chi connectivity index (χ0) is 25.9. The van der Waals surface area contributed by atoms with Gasteiger partial charge >= 0.3 is 12.2 Å². The predicted molar refractivity (Wildman–Crippen MR) is 121 cm³/mol. The van der Waals surface area contributed by atoms with Gasteiger partial charge < -0.3 is 28.6 Å². The van der Waals surface area contributed by atoms with E-state index >= 15 is 0 Å². The number of fused-ring (bicyclic) bond motifs is 1. The number of ether oxygens (including phenoxy) is 3. The van der Waals surface area contributed by atoms with Gasteiger partial charge in [-0.25, -0.2) is 23.5 Å². The molecule has 1 aliphatic rings. The van der Waals surface area contributed by atoms with E-state index in [-0.39, 0.29) is 40.2 Å². The molecule has 1 amide bonds. The van der Waals surface area contributed by atoms with Crippen molar-refractivity contribution < 1.29 is 42.1 Å². The second kappa shape index (κ2) is 10.0. The van der Waals surface area contributed by atoms with Gasteiger partial charge in [0.15, 0.2) is 36.0 Å². The topological polar surface area (TPSA) is 137 Å². The summed E-state index contributed by atoms with van der Waals surface area (Å²) in [6, 6.07) is 9.50. The zero-order valence-electron chi connectivity index (χ0n) is 19.0. The van der Waals surface area contributed by atoms with E-state index in [1.165, 1.54) is 41.4 Å². The lowest BCUT2D eigenvalue weighted by atomic mass is 10.2. The number of carboxylic acid groups (broad SMARTS) is 1. The highest BCUT2D eigenvalue weighted by molar-refractivity contribution is 5.78. The Kier molecular flexibility index (Phi) is 6.49. The number of carbonyl (C=O) groups excluding carboxylic acids is 1. The Bertz CT molecular complexity index is 1480. The molecule has 1 fully saturated rings. The molecule has 1 atom stereocenters. The SMILES string of the molecule is O=C(O)O[C@H]1CCCN1C(=O)COc1ccc(-c2nc3cnc(Oc4ccccc4F)nc3o2)cc1F. The van der Waals surface area contributed by atoms with Crippen LogP contribution in [0.25, 0.3) is 22.7 Å². The fourth-order valence-corrected chi connectivity index (χ4v) is 3.75. The van der Waals surface area contributed by atoms with Gasteiger partial charge in [0.05, 0.1) is 6.20 Å². The number of halogens is 2. The molecule has 0 unspecified atom stereocenters. The molecule has 0 radical (unpaired) electrons. The van der Waals surface area contributed by atoms with E-state index < -0.39 is 36.5 Å². The molecule has 0 saturated carbocycles. The second-order valence-electron chi connectivity index (χ2n) is 7.90. The Morgan fingerprint density at radius 3 is 2.73 bits per heavy atom. The average molecular weight is 512 g/mol. The first-order chi connectivity index (χ1) is 17.9. The van der Waals surface area contributed by atoms with Gasteiger partial charge in [-0.3, -0.25) is 4.79 Å². The number of hydrogen-bond donors (Lipinski definition) is 1. The number of amides is 1. The van der Waals surface area contributed by atoms with Crippen LogP contribution >= 0.6 is 0 Å². The summed E-state index contributed by atoms with van der Waals surface area (Å²) in [6.07, 6.45) is -0.0811. The molecule has 190 valence electrons. The summed E-state index contributed by atoms with van der Waals surface area (Å²) in [5.74, 6) is -2.10. The molecule has 2 aromatic heterocycles. The first kappa shape index (κ1) is 23.9. The van der Waals surface area contributed by atoms with Gasteiger partial charge in [0.25, 0.3) is 11.6 Å². The average Bonchev–Trinajstić information content (AvgIpc) is 3.51. The summed E-state index contributed by atoms with van der Waals surface area (Å²) in [5, 5.41) is 8.79. The largest absolute Gasteiger partial charge is 0.507 e. The number of hydrogen-bond acceptors (Lipinski definition) is 9. The summed E-state index contributed by atoms with van der Waals surface area (Å²) in [7, 11) is 0. The van der Waals surface area contributed by atoms with Crippen LogP contribution in [0, 0.1) is 11.6 Å². The van der Waals surface area contributed by atoms with Crippen molar-refractivity contribution in [1.82, 2.24) is 19.9 Å². The highest BCUT2D eigenvalue weighted by Crippen LogP contribution is 2.29. The van der Waals surface area contributed by atoms with Gasteiger partial charge in [-0.1, -0.05) is 12.1 Å². The van der Waals surface area contributed by atoms with Crippen LogP contribution in [0.15, 0.2) is 53.1 Å². The van der Waals surface area contributed by atoms with E-state index in [1.807, 2.05) is 0 Å². The van der Waals surface area contributed by atoms with E-state index in [0.717, 1.165) is 6.07 Å². The van der Waals surface area contributed by atoms with Crippen LogP contribution in [-0.2, 0) is 9.53 Å². The lowest BCUT2D eigenvalue weighted by Crippen LogP contribution is -2.40. The molecule has 0 bridgehead atoms. The number of aromatic nitrogens is 3. The number of rotatable bonds is 7. The molecule has 1 N–H and O–H groups in total. The Morgan fingerprint density at radius 2 is 1.95 bits per heavy atom. The van der Waals surface area contributed by atoms with Crippen LogP contribution in [0.1, 0.15) is 12.8 Å². The monoisotopic (exact) mass is 512 g/mol. The lowest BCUT2D eigenvalue weighted by molar-refractivity contribution is -0.141. The minimum absolute atomic E-state index is 0.0413. The van der Waals surface area contributed by atoms with Crippen LogP contribution < -0.4 is 9.47 Å². The maximum atomic E-state index is 14.7. The second-order valence-corrected chi connectivity index (χ2v) is 7.90. The molecule has 1 saturated heterocycles. The van der Waals surface area contributed by atoms with Gasteiger partial charge in [0.1, 0.15) is 5.52 Å². The number of para-hydroxylation sites is 1. The number of likely N-dealkylation sites (tertiary alicyclic amines) is 1. The minimum Gasteiger partial charge on any atom is -0.481 e. The maximum absolute atomic E-state index is 14.7. The molecule has 3 heterocycles. The molecule has 4 aromatic rings. The number of benzene rings is 2. The van der Waals surface area contributed by atoms with Crippen LogP contribution in [0.5, 0.6) is 17.5 Å². The fraction of sp³-hybridized carbons (Fsp3) is 0.208. The summed E-state index contributed by atoms with van der Waals surface area (Å²) in [5.41, 5.74) is 0.581. The van der Waals surface area contributed by atoms with Crippen LogP contribution in [0.4, 0.5) is 13.6 Å². The van der Waals surface area contributed by atoms with Crippen molar-refractivity contribution in [1.29, 1.82) is 0 Å². The predicted octanol–water partition coefficient (Wildman–Crippen LogP) is 4.38.